The average molecular weight is 273 g/mol. The Labute approximate surface area is 111 Å². The molecule has 102 valence electrons. The molecule has 1 unspecified atom stereocenters. The average Bonchev–Trinajstić information content (AvgIpc) is 2.58. The number of unbranched alkanes of at least 4 members (excludes halogenated alkanes) is 1. The maximum absolute atomic E-state index is 12.1. The summed E-state index contributed by atoms with van der Waals surface area (Å²) < 4.78 is -0.504. The Hall–Kier alpha value is -1.24. The van der Waals surface area contributed by atoms with Gasteiger partial charge in [-0.25, -0.2) is 4.79 Å². The highest BCUT2D eigenvalue weighted by Crippen LogP contribution is 2.40. The van der Waals surface area contributed by atoms with Crippen LogP contribution in [-0.2, 0) is 9.63 Å². The van der Waals surface area contributed by atoms with Crippen molar-refractivity contribution in [3.8, 4) is 0 Å². The second-order valence-electron chi connectivity index (χ2n) is 4.30. The first-order valence-electron chi connectivity index (χ1n) is 5.88. The van der Waals surface area contributed by atoms with E-state index in [0.717, 1.165) is 19.3 Å². The Kier molecular flexibility index (Phi) is 5.01. The smallest absolute Gasteiger partial charge is 0.323 e. The van der Waals surface area contributed by atoms with E-state index >= 15 is 0 Å². The summed E-state index contributed by atoms with van der Waals surface area (Å²) in [5, 5.41) is 6.41. The van der Waals surface area contributed by atoms with Gasteiger partial charge in [0.1, 0.15) is 0 Å². The summed E-state index contributed by atoms with van der Waals surface area (Å²) in [5.41, 5.74) is 0. The van der Waals surface area contributed by atoms with Crippen molar-refractivity contribution in [3.63, 3.8) is 0 Å². The lowest BCUT2D eigenvalue weighted by Crippen LogP contribution is -2.35. The minimum absolute atomic E-state index is 0.000191. The van der Waals surface area contributed by atoms with Gasteiger partial charge in [0, 0.05) is 14.1 Å². The molecule has 0 radical (unpaired) electrons. The molecule has 1 aliphatic rings. The van der Waals surface area contributed by atoms with Gasteiger partial charge in [0.2, 0.25) is 11.1 Å². The van der Waals surface area contributed by atoms with Crippen molar-refractivity contribution in [2.24, 2.45) is 5.16 Å². The van der Waals surface area contributed by atoms with Crippen LogP contribution in [0.3, 0.4) is 0 Å². The third-order valence-electron chi connectivity index (χ3n) is 2.78. The number of rotatable bonds is 4. The van der Waals surface area contributed by atoms with Crippen LogP contribution in [-0.4, -0.2) is 40.9 Å². The zero-order valence-electron chi connectivity index (χ0n) is 11.1. The lowest BCUT2D eigenvalue weighted by atomic mass is 10.0. The van der Waals surface area contributed by atoms with Crippen molar-refractivity contribution >= 4 is 28.9 Å². The summed E-state index contributed by atoms with van der Waals surface area (Å²) in [6, 6.07) is 0. The summed E-state index contributed by atoms with van der Waals surface area (Å²) >= 11 is 1.34. The van der Waals surface area contributed by atoms with Crippen LogP contribution in [0.25, 0.3) is 0 Å². The van der Waals surface area contributed by atoms with E-state index in [1.165, 1.54) is 23.7 Å². The highest BCUT2D eigenvalue weighted by atomic mass is 32.2. The van der Waals surface area contributed by atoms with Gasteiger partial charge in [0.25, 0.3) is 0 Å². The van der Waals surface area contributed by atoms with Crippen molar-refractivity contribution in [2.75, 3.05) is 14.1 Å². The highest BCUT2D eigenvalue weighted by molar-refractivity contribution is 8.16. The van der Waals surface area contributed by atoms with Crippen LogP contribution in [0.4, 0.5) is 4.79 Å². The number of hydrogen-bond acceptors (Lipinski definition) is 5. The molecule has 0 aromatic carbocycles. The minimum atomic E-state index is -0.647. The predicted molar refractivity (Wildman–Crippen MR) is 71.3 cm³/mol. The van der Waals surface area contributed by atoms with Gasteiger partial charge < -0.3 is 5.32 Å². The van der Waals surface area contributed by atoms with Crippen molar-refractivity contribution in [2.45, 2.75) is 37.9 Å². The number of amidine groups is 1. The number of hydrogen-bond donors (Lipinski definition) is 1. The van der Waals surface area contributed by atoms with Crippen molar-refractivity contribution in [1.29, 1.82) is 0 Å². The Morgan fingerprint density at radius 2 is 2.28 bits per heavy atom. The molecule has 1 fully saturated rings. The fourth-order valence-corrected chi connectivity index (χ4v) is 2.80. The highest BCUT2D eigenvalue weighted by Gasteiger charge is 2.46. The first kappa shape index (κ1) is 14.8. The fourth-order valence-electron chi connectivity index (χ4n) is 1.63. The van der Waals surface area contributed by atoms with Crippen molar-refractivity contribution < 1.29 is 14.4 Å². The van der Waals surface area contributed by atoms with E-state index < -0.39 is 10.8 Å². The Morgan fingerprint density at radius 3 is 2.83 bits per heavy atom. The molecule has 0 aromatic rings. The van der Waals surface area contributed by atoms with Crippen LogP contribution >= 0.6 is 11.8 Å². The van der Waals surface area contributed by atoms with Crippen LogP contribution in [0, 0.1) is 0 Å². The van der Waals surface area contributed by atoms with Gasteiger partial charge in [0.15, 0.2) is 0 Å². The fraction of sp³-hybridized carbons (Fsp3) is 0.727. The Morgan fingerprint density at radius 1 is 1.61 bits per heavy atom. The van der Waals surface area contributed by atoms with Crippen molar-refractivity contribution in [1.82, 2.24) is 10.2 Å². The predicted octanol–water partition coefficient (Wildman–Crippen LogP) is 1.77. The minimum Gasteiger partial charge on any atom is -0.323 e. The quantitative estimate of drug-likeness (QED) is 0.626. The maximum Gasteiger partial charge on any atom is 0.433 e. The molecule has 1 aliphatic heterocycles. The van der Waals surface area contributed by atoms with E-state index in [9.17, 15) is 9.59 Å². The van der Waals surface area contributed by atoms with Gasteiger partial charge in [-0.1, -0.05) is 31.5 Å². The molecule has 1 saturated heterocycles. The van der Waals surface area contributed by atoms with E-state index in [1.807, 2.05) is 6.92 Å². The standard InChI is InChI=1S/C11H19N3O3S/c1-5-6-7-11(2)8(15)14(4)9(18-11)13-17-10(16)12-3/h5-7H2,1-4H3,(H,12,16). The summed E-state index contributed by atoms with van der Waals surface area (Å²) in [7, 11) is 3.09. The molecule has 1 heterocycles. The molecule has 2 amide bonds. The molecular weight excluding hydrogens is 254 g/mol. The van der Waals surface area contributed by atoms with Gasteiger partial charge in [-0.15, -0.1) is 0 Å². The molecule has 18 heavy (non-hydrogen) atoms. The number of nitrogens with one attached hydrogen (secondary N) is 1. The molecular formula is C11H19N3O3S. The first-order valence-corrected chi connectivity index (χ1v) is 6.70. The summed E-state index contributed by atoms with van der Waals surface area (Å²) in [4.78, 5) is 29.1. The van der Waals surface area contributed by atoms with E-state index in [1.54, 1.807) is 7.05 Å². The molecule has 1 rings (SSSR count). The summed E-state index contributed by atoms with van der Waals surface area (Å²) in [6.45, 7) is 3.98. The normalized spacial score (nSPS) is 25.7. The Bertz CT molecular complexity index is 373. The van der Waals surface area contributed by atoms with Gasteiger partial charge in [-0.3, -0.25) is 14.5 Å². The van der Waals surface area contributed by atoms with E-state index in [4.69, 9.17) is 0 Å². The molecule has 0 bridgehead atoms. The number of carbonyl (C=O) groups is 2. The zero-order valence-corrected chi connectivity index (χ0v) is 12.0. The van der Waals surface area contributed by atoms with Gasteiger partial charge in [-0.2, -0.15) is 0 Å². The molecule has 7 heteroatoms. The summed E-state index contributed by atoms with van der Waals surface area (Å²) in [6.07, 6.45) is 2.16. The van der Waals surface area contributed by atoms with Crippen molar-refractivity contribution in [3.05, 3.63) is 0 Å². The molecule has 6 nitrogen and oxygen atoms in total. The molecule has 1 N–H and O–H groups in total. The van der Waals surface area contributed by atoms with Gasteiger partial charge in [0.05, 0.1) is 4.75 Å². The second-order valence-corrected chi connectivity index (χ2v) is 5.77. The van der Waals surface area contributed by atoms with Crippen LogP contribution < -0.4 is 5.32 Å². The molecule has 0 aromatic heterocycles. The van der Waals surface area contributed by atoms with E-state index in [0.29, 0.717) is 5.17 Å². The molecule has 0 spiro atoms. The topological polar surface area (TPSA) is 71.0 Å². The monoisotopic (exact) mass is 273 g/mol. The second kappa shape index (κ2) is 6.08. The molecule has 0 aliphatic carbocycles. The van der Waals surface area contributed by atoms with Crippen LogP contribution in [0.5, 0.6) is 0 Å². The van der Waals surface area contributed by atoms with Crippen LogP contribution in [0.15, 0.2) is 5.16 Å². The molecule has 1 atom stereocenters. The zero-order chi connectivity index (χ0) is 13.8. The third kappa shape index (κ3) is 3.16. The largest absolute Gasteiger partial charge is 0.433 e. The Balaban J connectivity index is 2.74. The van der Waals surface area contributed by atoms with Crippen LogP contribution in [0.2, 0.25) is 0 Å². The third-order valence-corrected chi connectivity index (χ3v) is 4.14. The lowest BCUT2D eigenvalue weighted by molar-refractivity contribution is -0.128. The number of oxime groups is 1. The molecule has 0 saturated carbocycles. The summed E-state index contributed by atoms with van der Waals surface area (Å²) in [5.74, 6) is 0.000191. The SMILES string of the molecule is CCCCC1(C)SC(=NOC(=O)NC)N(C)C1=O. The van der Waals surface area contributed by atoms with Gasteiger partial charge in [-0.05, 0) is 18.5 Å². The lowest BCUT2D eigenvalue weighted by Gasteiger charge is -2.18. The maximum atomic E-state index is 12.1. The number of carbonyl (C=O) groups excluding carboxylic acids is 2. The first-order chi connectivity index (χ1) is 8.44. The van der Waals surface area contributed by atoms with Crippen LogP contribution in [0.1, 0.15) is 33.1 Å². The number of nitrogens with zero attached hydrogens (tertiary/aromatic N) is 2. The van der Waals surface area contributed by atoms with E-state index in [2.05, 4.69) is 22.2 Å². The van der Waals surface area contributed by atoms with Gasteiger partial charge >= 0.3 is 6.09 Å². The number of thioether (sulfide) groups is 1. The number of amides is 2. The van der Waals surface area contributed by atoms with E-state index in [-0.39, 0.29) is 5.91 Å².